The van der Waals surface area contributed by atoms with Crippen LogP contribution < -0.4 is 0 Å². The molecular weight excluding hydrogens is 366 g/mol. The van der Waals surface area contributed by atoms with Gasteiger partial charge < -0.3 is 14.3 Å². The molecule has 3 rings (SSSR count). The second-order valence-corrected chi connectivity index (χ2v) is 8.82. The van der Waals surface area contributed by atoms with E-state index in [1.807, 2.05) is 4.90 Å². The van der Waals surface area contributed by atoms with Crippen LogP contribution in [-0.4, -0.2) is 52.9 Å². The minimum atomic E-state index is -0.0627. The average molecular weight is 398 g/mol. The molecule has 0 spiro atoms. The molecule has 0 unspecified atom stereocenters. The van der Waals surface area contributed by atoms with Crippen LogP contribution in [0.2, 0.25) is 0 Å². The Morgan fingerprint density at radius 1 is 1.00 bits per heavy atom. The highest BCUT2D eigenvalue weighted by Crippen LogP contribution is 2.22. The Hall–Kier alpha value is -2.63. The van der Waals surface area contributed by atoms with Crippen molar-refractivity contribution in [3.63, 3.8) is 0 Å². The molecule has 0 N–H and O–H groups in total. The average Bonchev–Trinajstić information content (AvgIpc) is 3.03. The van der Waals surface area contributed by atoms with E-state index in [1.54, 1.807) is 18.7 Å². The fourth-order valence-electron chi connectivity index (χ4n) is 3.69. The van der Waals surface area contributed by atoms with Crippen LogP contribution in [0.3, 0.4) is 0 Å². The zero-order chi connectivity index (χ0) is 21.2. The summed E-state index contributed by atoms with van der Waals surface area (Å²) in [7, 11) is 0. The van der Waals surface area contributed by atoms with Crippen LogP contribution in [0.25, 0.3) is 0 Å². The third-order valence-electron chi connectivity index (χ3n) is 5.61. The maximum absolute atomic E-state index is 12.7. The van der Waals surface area contributed by atoms with Crippen LogP contribution in [-0.2, 0) is 16.6 Å². The zero-order valence-electron chi connectivity index (χ0n) is 18.1. The third kappa shape index (κ3) is 4.86. The van der Waals surface area contributed by atoms with E-state index in [4.69, 9.17) is 4.52 Å². The van der Waals surface area contributed by atoms with Crippen molar-refractivity contribution in [1.29, 1.82) is 0 Å². The number of piperazine rings is 1. The smallest absolute Gasteiger partial charge is 0.259 e. The topological polar surface area (TPSA) is 66.7 Å². The molecule has 2 aromatic rings. The quantitative estimate of drug-likeness (QED) is 0.792. The molecule has 2 amide bonds. The van der Waals surface area contributed by atoms with Crippen LogP contribution in [0, 0.1) is 13.8 Å². The molecule has 0 atom stereocenters. The number of hydrogen-bond donors (Lipinski definition) is 0. The number of benzene rings is 1. The van der Waals surface area contributed by atoms with Crippen LogP contribution in [0.4, 0.5) is 0 Å². The van der Waals surface area contributed by atoms with Crippen molar-refractivity contribution in [2.45, 2.75) is 52.9 Å². The van der Waals surface area contributed by atoms with Gasteiger partial charge in [0, 0.05) is 32.6 Å². The normalized spacial score (nSPS) is 14.9. The van der Waals surface area contributed by atoms with Crippen molar-refractivity contribution in [2.24, 2.45) is 0 Å². The Kier molecular flexibility index (Phi) is 6.10. The van der Waals surface area contributed by atoms with Crippen molar-refractivity contribution in [1.82, 2.24) is 15.0 Å². The SMILES string of the molecule is Cc1noc(C)c1C(=O)N1CCN(C(=O)CCc2ccc(C(C)(C)C)cc2)CC1. The number of aromatic nitrogens is 1. The van der Waals surface area contributed by atoms with Gasteiger partial charge in [0.2, 0.25) is 5.91 Å². The first-order valence-electron chi connectivity index (χ1n) is 10.3. The van der Waals surface area contributed by atoms with Crippen molar-refractivity contribution in [3.8, 4) is 0 Å². The fraction of sp³-hybridized carbons (Fsp3) is 0.522. The van der Waals surface area contributed by atoms with Gasteiger partial charge >= 0.3 is 0 Å². The minimum Gasteiger partial charge on any atom is -0.361 e. The molecule has 1 aliphatic heterocycles. The summed E-state index contributed by atoms with van der Waals surface area (Å²) in [6.07, 6.45) is 1.23. The summed E-state index contributed by atoms with van der Waals surface area (Å²) in [5.74, 6) is 0.630. The molecule has 6 nitrogen and oxygen atoms in total. The molecule has 2 heterocycles. The fourth-order valence-corrected chi connectivity index (χ4v) is 3.69. The van der Waals surface area contributed by atoms with Gasteiger partial charge in [0.1, 0.15) is 11.3 Å². The number of amides is 2. The van der Waals surface area contributed by atoms with Crippen LogP contribution in [0.1, 0.15) is 60.1 Å². The maximum Gasteiger partial charge on any atom is 0.259 e. The molecule has 156 valence electrons. The number of aryl methyl sites for hydroxylation is 3. The molecule has 1 aliphatic rings. The van der Waals surface area contributed by atoms with Gasteiger partial charge in [0.05, 0.1) is 5.69 Å². The molecule has 0 bridgehead atoms. The van der Waals surface area contributed by atoms with Crippen molar-refractivity contribution in [2.75, 3.05) is 26.2 Å². The highest BCUT2D eigenvalue weighted by Gasteiger charge is 2.28. The first-order valence-corrected chi connectivity index (χ1v) is 10.3. The lowest BCUT2D eigenvalue weighted by molar-refractivity contribution is -0.132. The van der Waals surface area contributed by atoms with Gasteiger partial charge in [0.15, 0.2) is 0 Å². The maximum atomic E-state index is 12.7. The number of carbonyl (C=O) groups excluding carboxylic acids is 2. The Labute approximate surface area is 172 Å². The summed E-state index contributed by atoms with van der Waals surface area (Å²) in [6, 6.07) is 8.54. The second-order valence-electron chi connectivity index (χ2n) is 8.82. The van der Waals surface area contributed by atoms with E-state index in [2.05, 4.69) is 50.2 Å². The van der Waals surface area contributed by atoms with E-state index in [0.717, 1.165) is 6.42 Å². The van der Waals surface area contributed by atoms with E-state index < -0.39 is 0 Å². The Morgan fingerprint density at radius 2 is 1.59 bits per heavy atom. The summed E-state index contributed by atoms with van der Waals surface area (Å²) >= 11 is 0. The molecule has 0 radical (unpaired) electrons. The summed E-state index contributed by atoms with van der Waals surface area (Å²) in [5.41, 5.74) is 3.77. The molecular formula is C23H31N3O3. The lowest BCUT2D eigenvalue weighted by Gasteiger charge is -2.34. The van der Waals surface area contributed by atoms with Gasteiger partial charge in [-0.3, -0.25) is 9.59 Å². The highest BCUT2D eigenvalue weighted by atomic mass is 16.5. The molecule has 1 aromatic carbocycles. The second kappa shape index (κ2) is 8.39. The lowest BCUT2D eigenvalue weighted by atomic mass is 9.86. The summed E-state index contributed by atoms with van der Waals surface area (Å²) < 4.78 is 5.10. The van der Waals surface area contributed by atoms with Gasteiger partial charge in [-0.15, -0.1) is 0 Å². The van der Waals surface area contributed by atoms with E-state index in [9.17, 15) is 9.59 Å². The first kappa shape index (κ1) is 21.1. The van der Waals surface area contributed by atoms with Crippen molar-refractivity contribution in [3.05, 3.63) is 52.4 Å². The molecule has 0 aliphatic carbocycles. The Bertz CT molecular complexity index is 850. The van der Waals surface area contributed by atoms with E-state index in [0.29, 0.717) is 49.6 Å². The Morgan fingerprint density at radius 3 is 2.10 bits per heavy atom. The predicted molar refractivity (Wildman–Crippen MR) is 112 cm³/mol. The summed E-state index contributed by atoms with van der Waals surface area (Å²) in [5, 5.41) is 3.86. The number of carbonyl (C=O) groups is 2. The molecule has 6 heteroatoms. The standard InChI is InChI=1S/C23H31N3O3/c1-16-21(17(2)29-24-16)22(28)26-14-12-25(13-15-26)20(27)11-8-18-6-9-19(10-7-18)23(3,4)5/h6-7,9-10H,8,11-15H2,1-5H3. The molecule has 29 heavy (non-hydrogen) atoms. The van der Waals surface area contributed by atoms with Crippen molar-refractivity contribution < 1.29 is 14.1 Å². The number of nitrogens with zero attached hydrogens (tertiary/aromatic N) is 3. The number of hydrogen-bond acceptors (Lipinski definition) is 4. The first-order chi connectivity index (χ1) is 13.7. The summed E-state index contributed by atoms with van der Waals surface area (Å²) in [4.78, 5) is 29.0. The van der Waals surface area contributed by atoms with Gasteiger partial charge in [-0.2, -0.15) is 0 Å². The van der Waals surface area contributed by atoms with Gasteiger partial charge in [-0.05, 0) is 36.8 Å². The van der Waals surface area contributed by atoms with Crippen LogP contribution in [0.5, 0.6) is 0 Å². The number of rotatable bonds is 4. The molecule has 1 aromatic heterocycles. The largest absolute Gasteiger partial charge is 0.361 e. The molecule has 0 saturated carbocycles. The zero-order valence-corrected chi connectivity index (χ0v) is 18.1. The lowest BCUT2D eigenvalue weighted by Crippen LogP contribution is -2.50. The van der Waals surface area contributed by atoms with Gasteiger partial charge in [-0.25, -0.2) is 0 Å². The highest BCUT2D eigenvalue weighted by molar-refractivity contribution is 5.96. The minimum absolute atomic E-state index is 0.0627. The van der Waals surface area contributed by atoms with Gasteiger partial charge in [-0.1, -0.05) is 50.2 Å². The Balaban J connectivity index is 1.49. The monoisotopic (exact) mass is 397 g/mol. The summed E-state index contributed by atoms with van der Waals surface area (Å²) in [6.45, 7) is 12.3. The third-order valence-corrected chi connectivity index (χ3v) is 5.61. The van der Waals surface area contributed by atoms with E-state index >= 15 is 0 Å². The molecule has 1 saturated heterocycles. The predicted octanol–water partition coefficient (Wildman–Crippen LogP) is 3.51. The van der Waals surface area contributed by atoms with Gasteiger partial charge in [0.25, 0.3) is 5.91 Å². The van der Waals surface area contributed by atoms with E-state index in [-0.39, 0.29) is 17.2 Å². The van der Waals surface area contributed by atoms with E-state index in [1.165, 1.54) is 11.1 Å². The van der Waals surface area contributed by atoms with Crippen LogP contribution >= 0.6 is 0 Å². The van der Waals surface area contributed by atoms with Crippen molar-refractivity contribution >= 4 is 11.8 Å². The molecule has 1 fully saturated rings. The van der Waals surface area contributed by atoms with Crippen LogP contribution in [0.15, 0.2) is 28.8 Å².